The van der Waals surface area contributed by atoms with Crippen LogP contribution in [-0.4, -0.2) is 54.4 Å². The standard InChI is InChI=1S/C18H24N4O/c1-17(2)10-18(11-21(3)4)12-22(9-15(17)18)16(23)14-6-5-13(7-19)8-20-14/h5-6,8,15H,9-12H2,1-4H3/t15-,18+/m1/s1. The molecule has 1 aromatic rings. The summed E-state index contributed by atoms with van der Waals surface area (Å²) in [6.07, 6.45) is 2.63. The molecule has 122 valence electrons. The average molecular weight is 312 g/mol. The summed E-state index contributed by atoms with van der Waals surface area (Å²) in [7, 11) is 4.20. The van der Waals surface area contributed by atoms with Gasteiger partial charge in [-0.1, -0.05) is 13.8 Å². The highest BCUT2D eigenvalue weighted by Crippen LogP contribution is 2.62. The fourth-order valence-corrected chi connectivity index (χ4v) is 4.87. The molecule has 1 saturated heterocycles. The zero-order valence-electron chi connectivity index (χ0n) is 14.3. The van der Waals surface area contributed by atoms with Gasteiger partial charge in [-0.15, -0.1) is 0 Å². The molecule has 1 aromatic heterocycles. The van der Waals surface area contributed by atoms with Crippen molar-refractivity contribution in [1.29, 1.82) is 5.26 Å². The minimum absolute atomic E-state index is 0.0159. The van der Waals surface area contributed by atoms with Crippen LogP contribution < -0.4 is 0 Å². The molecule has 0 aromatic carbocycles. The number of nitriles is 1. The molecule has 0 spiro atoms. The van der Waals surface area contributed by atoms with Crippen LogP contribution in [0.2, 0.25) is 0 Å². The van der Waals surface area contributed by atoms with Gasteiger partial charge in [0.25, 0.3) is 5.91 Å². The summed E-state index contributed by atoms with van der Waals surface area (Å²) in [4.78, 5) is 21.1. The molecule has 2 fully saturated rings. The largest absolute Gasteiger partial charge is 0.336 e. The molecule has 2 aliphatic rings. The number of aromatic nitrogens is 1. The number of amides is 1. The molecule has 3 rings (SSSR count). The topological polar surface area (TPSA) is 60.2 Å². The van der Waals surface area contributed by atoms with Crippen LogP contribution in [-0.2, 0) is 0 Å². The Labute approximate surface area is 137 Å². The zero-order valence-corrected chi connectivity index (χ0v) is 14.3. The summed E-state index contributed by atoms with van der Waals surface area (Å²) >= 11 is 0. The Morgan fingerprint density at radius 1 is 1.48 bits per heavy atom. The molecule has 0 unspecified atom stereocenters. The number of fused-ring (bicyclic) bond motifs is 1. The summed E-state index contributed by atoms with van der Waals surface area (Å²) in [5, 5.41) is 8.84. The number of rotatable bonds is 3. The van der Waals surface area contributed by atoms with Gasteiger partial charge >= 0.3 is 0 Å². The third-order valence-electron chi connectivity index (χ3n) is 5.43. The van der Waals surface area contributed by atoms with Crippen LogP contribution in [0.25, 0.3) is 0 Å². The minimum atomic E-state index is -0.0159. The van der Waals surface area contributed by atoms with Crippen molar-refractivity contribution in [3.8, 4) is 6.07 Å². The van der Waals surface area contributed by atoms with Crippen molar-refractivity contribution in [2.24, 2.45) is 16.7 Å². The van der Waals surface area contributed by atoms with Gasteiger partial charge in [0.15, 0.2) is 0 Å². The molecule has 5 nitrogen and oxygen atoms in total. The van der Waals surface area contributed by atoms with E-state index in [4.69, 9.17) is 5.26 Å². The van der Waals surface area contributed by atoms with Crippen LogP contribution in [0.1, 0.15) is 36.3 Å². The number of pyridine rings is 1. The van der Waals surface area contributed by atoms with Crippen LogP contribution in [0.15, 0.2) is 18.3 Å². The van der Waals surface area contributed by atoms with Crippen LogP contribution >= 0.6 is 0 Å². The van der Waals surface area contributed by atoms with Crippen LogP contribution in [0.3, 0.4) is 0 Å². The van der Waals surface area contributed by atoms with Gasteiger partial charge in [0, 0.05) is 31.2 Å². The second-order valence-electron chi connectivity index (χ2n) is 8.05. The predicted molar refractivity (Wildman–Crippen MR) is 87.7 cm³/mol. The first-order valence-corrected chi connectivity index (χ1v) is 8.08. The summed E-state index contributed by atoms with van der Waals surface area (Å²) in [6, 6.07) is 5.35. The first-order chi connectivity index (χ1) is 10.8. The fraction of sp³-hybridized carbons (Fsp3) is 0.611. The Kier molecular flexibility index (Phi) is 3.68. The van der Waals surface area contributed by atoms with E-state index in [0.29, 0.717) is 22.6 Å². The van der Waals surface area contributed by atoms with E-state index in [1.54, 1.807) is 12.1 Å². The van der Waals surface area contributed by atoms with Gasteiger partial charge in [0.1, 0.15) is 11.8 Å². The maximum atomic E-state index is 12.8. The molecule has 0 bridgehead atoms. The van der Waals surface area contributed by atoms with E-state index in [2.05, 4.69) is 37.8 Å². The van der Waals surface area contributed by atoms with E-state index in [9.17, 15) is 4.79 Å². The number of hydrogen-bond donors (Lipinski definition) is 0. The lowest BCUT2D eigenvalue weighted by atomic mass is 9.48. The van der Waals surface area contributed by atoms with Crippen molar-refractivity contribution >= 4 is 5.91 Å². The molecule has 1 amide bonds. The molecule has 0 radical (unpaired) electrons. The van der Waals surface area contributed by atoms with E-state index >= 15 is 0 Å². The van der Waals surface area contributed by atoms with Crippen molar-refractivity contribution in [3.63, 3.8) is 0 Å². The quantitative estimate of drug-likeness (QED) is 0.856. The molecular formula is C18H24N4O. The average Bonchev–Trinajstić information content (AvgIpc) is 2.80. The maximum Gasteiger partial charge on any atom is 0.272 e. The van der Waals surface area contributed by atoms with Gasteiger partial charge in [-0.2, -0.15) is 5.26 Å². The number of carbonyl (C=O) groups is 1. The fourth-order valence-electron chi connectivity index (χ4n) is 4.87. The van der Waals surface area contributed by atoms with Crippen LogP contribution in [0.4, 0.5) is 0 Å². The third kappa shape index (κ3) is 2.61. The summed E-state index contributed by atoms with van der Waals surface area (Å²) in [6.45, 7) is 7.24. The maximum absolute atomic E-state index is 12.8. The van der Waals surface area contributed by atoms with Crippen molar-refractivity contribution in [2.75, 3.05) is 33.7 Å². The normalized spacial score (nSPS) is 28.2. The van der Waals surface area contributed by atoms with Gasteiger partial charge in [-0.3, -0.25) is 4.79 Å². The lowest BCUT2D eigenvalue weighted by Crippen LogP contribution is -2.57. The molecule has 1 aliphatic carbocycles. The predicted octanol–water partition coefficient (Wildman–Crippen LogP) is 2.00. The molecular weight excluding hydrogens is 288 g/mol. The van der Waals surface area contributed by atoms with E-state index in [1.807, 2.05) is 11.0 Å². The van der Waals surface area contributed by atoms with Crippen molar-refractivity contribution in [1.82, 2.24) is 14.8 Å². The first kappa shape index (κ1) is 15.9. The monoisotopic (exact) mass is 312 g/mol. The molecule has 2 heterocycles. The molecule has 23 heavy (non-hydrogen) atoms. The second-order valence-corrected chi connectivity index (χ2v) is 8.05. The van der Waals surface area contributed by atoms with E-state index < -0.39 is 0 Å². The summed E-state index contributed by atoms with van der Waals surface area (Å²) in [5.41, 5.74) is 1.43. The van der Waals surface area contributed by atoms with Crippen molar-refractivity contribution in [3.05, 3.63) is 29.6 Å². The summed E-state index contributed by atoms with van der Waals surface area (Å²) < 4.78 is 0. The van der Waals surface area contributed by atoms with Gasteiger partial charge in [0.2, 0.25) is 0 Å². The lowest BCUT2D eigenvalue weighted by molar-refractivity contribution is -0.0789. The van der Waals surface area contributed by atoms with Crippen LogP contribution in [0.5, 0.6) is 0 Å². The molecule has 5 heteroatoms. The van der Waals surface area contributed by atoms with Crippen molar-refractivity contribution in [2.45, 2.75) is 20.3 Å². The number of carbonyl (C=O) groups excluding carboxylic acids is 1. The molecule has 1 aliphatic heterocycles. The van der Waals surface area contributed by atoms with Gasteiger partial charge < -0.3 is 9.80 Å². The number of hydrogen-bond acceptors (Lipinski definition) is 4. The Hall–Kier alpha value is -1.93. The summed E-state index contributed by atoms with van der Waals surface area (Å²) in [5.74, 6) is 0.526. The Bertz CT molecular complexity index is 655. The smallest absolute Gasteiger partial charge is 0.272 e. The van der Waals surface area contributed by atoms with Gasteiger partial charge in [0.05, 0.1) is 5.56 Å². The lowest BCUT2D eigenvalue weighted by Gasteiger charge is -2.57. The Morgan fingerprint density at radius 2 is 2.22 bits per heavy atom. The minimum Gasteiger partial charge on any atom is -0.336 e. The Balaban J connectivity index is 1.79. The van der Waals surface area contributed by atoms with Gasteiger partial charge in [-0.25, -0.2) is 4.98 Å². The van der Waals surface area contributed by atoms with E-state index in [1.165, 1.54) is 6.20 Å². The third-order valence-corrected chi connectivity index (χ3v) is 5.43. The van der Waals surface area contributed by atoms with E-state index in [-0.39, 0.29) is 11.3 Å². The Morgan fingerprint density at radius 3 is 2.74 bits per heavy atom. The second kappa shape index (κ2) is 5.31. The van der Waals surface area contributed by atoms with E-state index in [0.717, 1.165) is 26.1 Å². The van der Waals surface area contributed by atoms with Crippen molar-refractivity contribution < 1.29 is 4.79 Å². The van der Waals surface area contributed by atoms with Crippen LogP contribution in [0, 0.1) is 28.1 Å². The molecule has 1 saturated carbocycles. The number of nitrogens with zero attached hydrogens (tertiary/aromatic N) is 4. The molecule has 2 atom stereocenters. The highest BCUT2D eigenvalue weighted by atomic mass is 16.2. The number of likely N-dealkylation sites (tertiary alicyclic amines) is 1. The highest BCUT2D eigenvalue weighted by molar-refractivity contribution is 5.92. The highest BCUT2D eigenvalue weighted by Gasteiger charge is 2.63. The zero-order chi connectivity index (χ0) is 16.8. The SMILES string of the molecule is CN(C)C[C@@]12CN(C(=O)c3ccc(C#N)cn3)C[C@@H]1C(C)(C)C2. The molecule has 0 N–H and O–H groups in total. The first-order valence-electron chi connectivity index (χ1n) is 8.08. The van der Waals surface area contributed by atoms with Gasteiger partial charge in [-0.05, 0) is 44.0 Å².